The molecule has 0 atom stereocenters. The highest BCUT2D eigenvalue weighted by Crippen LogP contribution is 2.23. The van der Waals surface area contributed by atoms with E-state index in [2.05, 4.69) is 20.1 Å². The van der Waals surface area contributed by atoms with Gasteiger partial charge in [0.05, 0.1) is 23.8 Å². The number of nitrogens with zero attached hydrogens (tertiary/aromatic N) is 4. The fraction of sp³-hybridized carbons (Fsp3) is 0.250. The molecule has 1 aromatic rings. The topological polar surface area (TPSA) is 119 Å². The summed E-state index contributed by atoms with van der Waals surface area (Å²) >= 11 is 0. The maximum Gasteiger partial charge on any atom is 0.349 e. The van der Waals surface area contributed by atoms with Gasteiger partial charge in [-0.1, -0.05) is 5.16 Å². The fourth-order valence-electron chi connectivity index (χ4n) is 2.53. The van der Waals surface area contributed by atoms with Crippen LogP contribution in [0.1, 0.15) is 11.1 Å². The number of H-pyrrole nitrogens is 1. The van der Waals surface area contributed by atoms with Crippen molar-refractivity contribution >= 4 is 30.8 Å². The minimum atomic E-state index is -0.744. The van der Waals surface area contributed by atoms with Crippen molar-refractivity contribution in [3.63, 3.8) is 0 Å². The minimum Gasteiger partial charge on any atom is -0.389 e. The number of aromatic nitrogens is 4. The summed E-state index contributed by atoms with van der Waals surface area (Å²) in [5, 5.41) is 3.73. The van der Waals surface area contributed by atoms with E-state index in [-0.39, 0.29) is 30.4 Å². The maximum atomic E-state index is 12.1. The first-order valence-electron chi connectivity index (χ1n) is 7.92. The molecule has 0 saturated carbocycles. The van der Waals surface area contributed by atoms with E-state index in [1.54, 1.807) is 4.57 Å². The summed E-state index contributed by atoms with van der Waals surface area (Å²) in [5.74, 6) is 0.160. The van der Waals surface area contributed by atoms with Crippen molar-refractivity contribution in [2.24, 2.45) is 5.16 Å². The number of carbonyl (C=O) groups excluding carboxylic acids is 1. The Balaban J connectivity index is 2.18. The molecule has 10 heteroatoms. The van der Waals surface area contributed by atoms with Crippen LogP contribution in [0.15, 0.2) is 26.9 Å². The summed E-state index contributed by atoms with van der Waals surface area (Å²) in [5.41, 5.74) is 1.94. The summed E-state index contributed by atoms with van der Waals surface area (Å²) in [7, 11) is 1.39. The van der Waals surface area contributed by atoms with E-state index in [0.717, 1.165) is 11.1 Å². The first kappa shape index (κ1) is 17.5. The van der Waals surface area contributed by atoms with E-state index in [4.69, 9.17) is 4.84 Å². The first-order chi connectivity index (χ1) is 12.4. The molecule has 9 nitrogen and oxygen atoms in total. The van der Waals surface area contributed by atoms with Gasteiger partial charge in [-0.25, -0.2) is 9.78 Å². The number of rotatable bonds is 5. The van der Waals surface area contributed by atoms with E-state index in [1.165, 1.54) is 14.1 Å². The predicted molar refractivity (Wildman–Crippen MR) is 98.5 cm³/mol. The van der Waals surface area contributed by atoms with Gasteiger partial charge in [-0.3, -0.25) is 9.78 Å². The van der Waals surface area contributed by atoms with E-state index < -0.39 is 11.2 Å². The molecule has 1 aromatic carbocycles. The number of fused-ring (bicyclic) bond motifs is 2. The lowest BCUT2D eigenvalue weighted by Crippen LogP contribution is -2.29. The summed E-state index contributed by atoms with van der Waals surface area (Å²) in [6.45, 7) is 3.97. The average molecular weight is 353 g/mol. The lowest BCUT2D eigenvalue weighted by atomic mass is 10.1. The van der Waals surface area contributed by atoms with Gasteiger partial charge in [-0.2, -0.15) is 4.98 Å². The smallest absolute Gasteiger partial charge is 0.349 e. The zero-order chi connectivity index (χ0) is 18.8. The van der Waals surface area contributed by atoms with Crippen LogP contribution in [0, 0.1) is 13.8 Å². The highest BCUT2D eigenvalue weighted by Gasteiger charge is 2.18. The molecule has 0 aromatic heterocycles. The minimum absolute atomic E-state index is 0.0680. The Hall–Kier alpha value is -3.30. The second kappa shape index (κ2) is 6.91. The number of nitrogens with one attached hydrogen (secondary N) is 1. The van der Waals surface area contributed by atoms with Crippen molar-refractivity contribution in [2.75, 3.05) is 6.61 Å². The Morgan fingerprint density at radius 2 is 2.04 bits per heavy atom. The quantitative estimate of drug-likeness (QED) is 0.282. The van der Waals surface area contributed by atoms with Gasteiger partial charge < -0.3 is 14.2 Å². The van der Waals surface area contributed by atoms with E-state index in [9.17, 15) is 14.4 Å². The van der Waals surface area contributed by atoms with Crippen LogP contribution in [0.5, 0.6) is 0 Å². The lowest BCUT2D eigenvalue weighted by molar-refractivity contribution is -0.115. The number of benzene rings is 1. The molecule has 132 valence electrons. The van der Waals surface area contributed by atoms with Crippen molar-refractivity contribution < 1.29 is 9.63 Å². The molecule has 2 heterocycles. The normalized spacial score (nSPS) is 11.5. The number of aromatic amines is 1. The Kier molecular flexibility index (Phi) is 4.66. The van der Waals surface area contributed by atoms with Gasteiger partial charge in [0.15, 0.2) is 26.0 Å². The lowest BCUT2D eigenvalue weighted by Gasteiger charge is -2.16. The highest BCUT2D eigenvalue weighted by atomic mass is 16.6. The molecule has 0 bridgehead atoms. The van der Waals surface area contributed by atoms with Crippen LogP contribution in [0.4, 0.5) is 0 Å². The van der Waals surface area contributed by atoms with E-state index >= 15 is 0 Å². The molecule has 3 rings (SSSR count). The number of carbonyl (C=O) groups is 1. The molecule has 0 amide bonds. The number of hydrogen-bond acceptors (Lipinski definition) is 7. The Morgan fingerprint density at radius 1 is 1.31 bits per heavy atom. The van der Waals surface area contributed by atoms with Crippen LogP contribution in [0.25, 0.3) is 22.6 Å². The number of aryl methyl sites for hydroxylation is 2. The largest absolute Gasteiger partial charge is 0.389 e. The molecule has 0 saturated heterocycles. The molecule has 0 unspecified atom stereocenters. The van der Waals surface area contributed by atoms with Crippen LogP contribution < -0.4 is 11.2 Å². The zero-order valence-corrected chi connectivity index (χ0v) is 14.6. The molecule has 2 aliphatic rings. The van der Waals surface area contributed by atoms with Gasteiger partial charge in [0.25, 0.3) is 5.56 Å². The van der Waals surface area contributed by atoms with Gasteiger partial charge in [-0.05, 0) is 37.1 Å². The molecule has 0 spiro atoms. The Bertz CT molecular complexity index is 1120. The van der Waals surface area contributed by atoms with Crippen molar-refractivity contribution in [3.8, 4) is 11.5 Å². The molecule has 2 aliphatic heterocycles. The van der Waals surface area contributed by atoms with Gasteiger partial charge in [-0.15, -0.1) is 0 Å². The summed E-state index contributed by atoms with van der Waals surface area (Å²) in [4.78, 5) is 49.9. The van der Waals surface area contributed by atoms with Crippen molar-refractivity contribution in [2.45, 2.75) is 20.4 Å². The molecule has 0 aliphatic carbocycles. The maximum absolute atomic E-state index is 12.1. The van der Waals surface area contributed by atoms with Crippen LogP contribution in [0.2, 0.25) is 0 Å². The summed E-state index contributed by atoms with van der Waals surface area (Å²) in [6, 6.07) is 3.78. The third kappa shape index (κ3) is 3.39. The Morgan fingerprint density at radius 3 is 2.77 bits per heavy atom. The predicted octanol–water partition coefficient (Wildman–Crippen LogP) is -0.636. The van der Waals surface area contributed by atoms with Crippen LogP contribution in [-0.2, 0) is 16.2 Å². The average Bonchev–Trinajstić information content (AvgIpc) is 2.56. The highest BCUT2D eigenvalue weighted by molar-refractivity contribution is 6.58. The van der Waals surface area contributed by atoms with Gasteiger partial charge in [0.1, 0.15) is 5.68 Å². The monoisotopic (exact) mass is 353 g/mol. The molecule has 0 radical (unpaired) electrons. The van der Waals surface area contributed by atoms with Crippen LogP contribution in [0.3, 0.4) is 0 Å². The van der Waals surface area contributed by atoms with Crippen LogP contribution >= 0.6 is 0 Å². The molecule has 0 fully saturated rings. The second-order valence-corrected chi connectivity index (χ2v) is 5.95. The van der Waals surface area contributed by atoms with Gasteiger partial charge in [0.2, 0.25) is 0 Å². The molecule has 26 heavy (non-hydrogen) atoms. The van der Waals surface area contributed by atoms with Crippen molar-refractivity contribution in [3.05, 3.63) is 44.1 Å². The first-order valence-corrected chi connectivity index (χ1v) is 7.92. The van der Waals surface area contributed by atoms with Crippen LogP contribution in [-0.4, -0.2) is 45.9 Å². The van der Waals surface area contributed by atoms with Crippen molar-refractivity contribution in [1.82, 2.24) is 19.5 Å². The number of oxime groups is 1. The molecule has 1 N–H and O–H groups in total. The van der Waals surface area contributed by atoms with Gasteiger partial charge in [0, 0.05) is 0 Å². The standard InChI is InChI=1S/C16H16BN5O4/c1-8-5-10-11(6-9(8)2)22(4-3-18-26-7-12(17)23)14-13(19-10)15(24)21-16(25)20-14/h3,5-6H,4,7,17H2,1-2H3,(H,21,24,25)/b18-3+. The number of hydrogen-bond donors (Lipinski definition) is 1. The summed E-state index contributed by atoms with van der Waals surface area (Å²) in [6.07, 6.45) is 1.43. The van der Waals surface area contributed by atoms with E-state index in [1.807, 2.05) is 26.0 Å². The van der Waals surface area contributed by atoms with E-state index in [0.29, 0.717) is 11.0 Å². The van der Waals surface area contributed by atoms with Gasteiger partial charge >= 0.3 is 5.69 Å². The summed E-state index contributed by atoms with van der Waals surface area (Å²) < 4.78 is 1.67. The second-order valence-electron chi connectivity index (χ2n) is 5.95. The fourth-order valence-corrected chi connectivity index (χ4v) is 2.53. The Labute approximate surface area is 148 Å². The third-order valence-electron chi connectivity index (χ3n) is 3.91. The SMILES string of the molecule is BC(=O)CO/N=C/Cn1c2nc(=O)[nH]c(=O)c-2nc2cc(C)c(C)cc21. The zero-order valence-electron chi connectivity index (χ0n) is 14.6. The molecular formula is C16H16BN5O4. The molecular weight excluding hydrogens is 337 g/mol. The van der Waals surface area contributed by atoms with Crippen molar-refractivity contribution in [1.29, 1.82) is 0 Å². The third-order valence-corrected chi connectivity index (χ3v) is 3.91.